The maximum atomic E-state index is 11.5. The zero-order valence-corrected chi connectivity index (χ0v) is 10.7. The van der Waals surface area contributed by atoms with Crippen LogP contribution >= 0.6 is 0 Å². The third-order valence-corrected chi connectivity index (χ3v) is 1.83. The van der Waals surface area contributed by atoms with Crippen molar-refractivity contribution in [3.63, 3.8) is 0 Å². The third kappa shape index (κ3) is 7.70. The van der Waals surface area contributed by atoms with Crippen LogP contribution in [-0.2, 0) is 23.9 Å². The van der Waals surface area contributed by atoms with E-state index in [1.165, 1.54) is 7.11 Å². The highest BCUT2D eigenvalue weighted by atomic mass is 16.6. The van der Waals surface area contributed by atoms with Gasteiger partial charge in [0.2, 0.25) is 0 Å². The number of esters is 2. The second kappa shape index (κ2) is 10.0. The highest BCUT2D eigenvalue weighted by Crippen LogP contribution is 2.00. The summed E-state index contributed by atoms with van der Waals surface area (Å²) in [5.41, 5.74) is 2.42. The minimum absolute atomic E-state index is 0.101. The summed E-state index contributed by atoms with van der Waals surface area (Å²) in [6.07, 6.45) is 1.37. The predicted octanol–water partition coefficient (Wildman–Crippen LogP) is 0.802. The predicted molar refractivity (Wildman–Crippen MR) is 61.0 cm³/mol. The fraction of sp³-hybridized carbons (Fsp3) is 0.818. The average Bonchev–Trinajstić information content (AvgIpc) is 2.32. The van der Waals surface area contributed by atoms with Gasteiger partial charge in [0.25, 0.3) is 0 Å². The number of hydrogen-bond acceptors (Lipinski definition) is 6. The van der Waals surface area contributed by atoms with Gasteiger partial charge in [0.05, 0.1) is 26.7 Å². The molecule has 17 heavy (non-hydrogen) atoms. The van der Waals surface area contributed by atoms with Gasteiger partial charge in [0, 0.05) is 0 Å². The van der Waals surface area contributed by atoms with Crippen molar-refractivity contribution in [2.24, 2.45) is 0 Å². The lowest BCUT2D eigenvalue weighted by atomic mass is 10.2. The summed E-state index contributed by atoms with van der Waals surface area (Å²) >= 11 is 0. The second-order valence-corrected chi connectivity index (χ2v) is 3.47. The summed E-state index contributed by atoms with van der Waals surface area (Å²) in [7, 11) is 1.37. The van der Waals surface area contributed by atoms with E-state index in [0.29, 0.717) is 13.2 Å². The Balaban J connectivity index is 4.12. The Hall–Kier alpha value is -1.14. The van der Waals surface area contributed by atoms with E-state index in [9.17, 15) is 9.59 Å². The van der Waals surface area contributed by atoms with Crippen LogP contribution in [0.15, 0.2) is 0 Å². The molecule has 0 aliphatic carbocycles. The van der Waals surface area contributed by atoms with E-state index in [-0.39, 0.29) is 6.42 Å². The van der Waals surface area contributed by atoms with Gasteiger partial charge >= 0.3 is 11.9 Å². The number of rotatable bonds is 9. The van der Waals surface area contributed by atoms with Gasteiger partial charge in [0.15, 0.2) is 0 Å². The molecule has 0 bridgehead atoms. The van der Waals surface area contributed by atoms with Crippen LogP contribution < -0.4 is 5.48 Å². The normalized spacial score (nSPS) is 11.9. The molecule has 1 atom stereocenters. The van der Waals surface area contributed by atoms with Crippen molar-refractivity contribution >= 4 is 11.9 Å². The zero-order chi connectivity index (χ0) is 13.1. The molecule has 1 N–H and O–H groups in total. The minimum atomic E-state index is -0.823. The number of carbonyl (C=O) groups excluding carboxylic acids is 2. The fourth-order valence-electron chi connectivity index (χ4n) is 1.06. The molecule has 0 rings (SSSR count). The van der Waals surface area contributed by atoms with Crippen LogP contribution in [0.25, 0.3) is 0 Å². The Kier molecular flexibility index (Phi) is 9.37. The molecule has 0 radical (unpaired) electrons. The molecule has 0 aromatic heterocycles. The topological polar surface area (TPSA) is 73.9 Å². The molecule has 0 unspecified atom stereocenters. The molecular formula is C11H21NO5. The molecule has 0 spiro atoms. The highest BCUT2D eigenvalue weighted by Gasteiger charge is 2.23. The van der Waals surface area contributed by atoms with Crippen molar-refractivity contribution in [2.45, 2.75) is 39.2 Å². The van der Waals surface area contributed by atoms with E-state index in [1.54, 1.807) is 0 Å². The molecule has 0 saturated heterocycles. The van der Waals surface area contributed by atoms with Crippen LogP contribution in [0, 0.1) is 0 Å². The molecule has 0 aromatic carbocycles. The standard InChI is InChI=1S/C11H21NO5/c1-4-6-16-10(13)8-9(12-15-3)11(14)17-7-5-2/h9,12H,4-8H2,1-3H3/t9-/m0/s1. The van der Waals surface area contributed by atoms with E-state index in [0.717, 1.165) is 12.8 Å². The molecule has 6 nitrogen and oxygen atoms in total. The average molecular weight is 247 g/mol. The van der Waals surface area contributed by atoms with Crippen molar-refractivity contribution in [3.8, 4) is 0 Å². The van der Waals surface area contributed by atoms with Crippen LogP contribution in [0.3, 0.4) is 0 Å². The van der Waals surface area contributed by atoms with Gasteiger partial charge in [-0.1, -0.05) is 13.8 Å². The van der Waals surface area contributed by atoms with Gasteiger partial charge in [-0.15, -0.1) is 0 Å². The molecule has 0 fully saturated rings. The highest BCUT2D eigenvalue weighted by molar-refractivity contribution is 5.82. The van der Waals surface area contributed by atoms with Crippen molar-refractivity contribution in [2.75, 3.05) is 20.3 Å². The van der Waals surface area contributed by atoms with Crippen molar-refractivity contribution in [3.05, 3.63) is 0 Å². The molecule has 0 heterocycles. The maximum absolute atomic E-state index is 11.5. The Bertz CT molecular complexity index is 232. The Morgan fingerprint density at radius 3 is 2.24 bits per heavy atom. The summed E-state index contributed by atoms with van der Waals surface area (Å²) in [4.78, 5) is 27.5. The molecule has 0 aromatic rings. The lowest BCUT2D eigenvalue weighted by Gasteiger charge is -2.15. The molecule has 0 aliphatic rings. The fourth-order valence-corrected chi connectivity index (χ4v) is 1.06. The Morgan fingerprint density at radius 1 is 1.12 bits per heavy atom. The summed E-state index contributed by atoms with van der Waals surface area (Å²) in [6.45, 7) is 4.46. The molecule has 6 heteroatoms. The monoisotopic (exact) mass is 247 g/mol. The van der Waals surface area contributed by atoms with E-state index in [2.05, 4.69) is 10.3 Å². The smallest absolute Gasteiger partial charge is 0.326 e. The van der Waals surface area contributed by atoms with Gasteiger partial charge in [0.1, 0.15) is 6.04 Å². The van der Waals surface area contributed by atoms with Crippen LogP contribution in [0.2, 0.25) is 0 Å². The molecular weight excluding hydrogens is 226 g/mol. The Labute approximate surface area is 102 Å². The van der Waals surface area contributed by atoms with Crippen LogP contribution in [0.4, 0.5) is 0 Å². The van der Waals surface area contributed by atoms with Crippen molar-refractivity contribution in [1.29, 1.82) is 0 Å². The quantitative estimate of drug-likeness (QED) is 0.480. The number of hydrogen-bond donors (Lipinski definition) is 1. The number of carbonyl (C=O) groups is 2. The van der Waals surface area contributed by atoms with Gasteiger partial charge < -0.3 is 14.3 Å². The number of hydroxylamine groups is 1. The van der Waals surface area contributed by atoms with Crippen LogP contribution in [-0.4, -0.2) is 38.3 Å². The van der Waals surface area contributed by atoms with Crippen LogP contribution in [0.5, 0.6) is 0 Å². The van der Waals surface area contributed by atoms with E-state index < -0.39 is 18.0 Å². The number of nitrogens with one attached hydrogen (secondary N) is 1. The first-order valence-corrected chi connectivity index (χ1v) is 5.76. The lowest BCUT2D eigenvalue weighted by molar-refractivity contribution is -0.156. The van der Waals surface area contributed by atoms with Gasteiger partial charge in [-0.05, 0) is 12.8 Å². The molecule has 0 saturated carbocycles. The first-order valence-electron chi connectivity index (χ1n) is 5.76. The molecule has 0 aliphatic heterocycles. The minimum Gasteiger partial charge on any atom is -0.466 e. The molecule has 100 valence electrons. The summed E-state index contributed by atoms with van der Waals surface area (Å²) in [5, 5.41) is 0. The third-order valence-electron chi connectivity index (χ3n) is 1.83. The molecule has 0 amide bonds. The van der Waals surface area contributed by atoms with Crippen LogP contribution in [0.1, 0.15) is 33.1 Å². The second-order valence-electron chi connectivity index (χ2n) is 3.47. The maximum Gasteiger partial charge on any atom is 0.326 e. The first kappa shape index (κ1) is 15.9. The summed E-state index contributed by atoms with van der Waals surface area (Å²) < 4.78 is 9.80. The first-order chi connectivity index (χ1) is 8.15. The van der Waals surface area contributed by atoms with Gasteiger partial charge in [-0.3, -0.25) is 9.59 Å². The zero-order valence-electron chi connectivity index (χ0n) is 10.7. The Morgan fingerprint density at radius 2 is 1.71 bits per heavy atom. The van der Waals surface area contributed by atoms with E-state index in [1.807, 2.05) is 13.8 Å². The van der Waals surface area contributed by atoms with E-state index >= 15 is 0 Å². The summed E-state index contributed by atoms with van der Waals surface area (Å²) in [5.74, 6) is -0.961. The van der Waals surface area contributed by atoms with Gasteiger partial charge in [-0.25, -0.2) is 0 Å². The summed E-state index contributed by atoms with van der Waals surface area (Å²) in [6, 6.07) is -0.823. The van der Waals surface area contributed by atoms with Gasteiger partial charge in [-0.2, -0.15) is 5.48 Å². The lowest BCUT2D eigenvalue weighted by Crippen LogP contribution is -2.39. The largest absolute Gasteiger partial charge is 0.466 e. The van der Waals surface area contributed by atoms with E-state index in [4.69, 9.17) is 9.47 Å². The SMILES string of the molecule is CCCOC(=O)C[C@H](NOC)C(=O)OCCC. The van der Waals surface area contributed by atoms with Crippen molar-refractivity contribution in [1.82, 2.24) is 5.48 Å². The number of ether oxygens (including phenoxy) is 2. The van der Waals surface area contributed by atoms with Crippen molar-refractivity contribution < 1.29 is 23.9 Å².